The first kappa shape index (κ1) is 12.3. The van der Waals surface area contributed by atoms with Crippen molar-refractivity contribution in [2.45, 2.75) is 5.92 Å². The van der Waals surface area contributed by atoms with Crippen molar-refractivity contribution in [2.75, 3.05) is 13.7 Å². The first-order valence-corrected chi connectivity index (χ1v) is 4.89. The van der Waals surface area contributed by atoms with Gasteiger partial charge in [-0.05, 0) is 11.6 Å². The van der Waals surface area contributed by atoms with E-state index in [1.54, 1.807) is 25.5 Å². The molecule has 1 rings (SSSR count). The Morgan fingerprint density at radius 2 is 2.50 bits per heavy atom. The molecule has 1 atom stereocenters. The molecular formula is C12H16N2O2. The fraction of sp³-hybridized carbons (Fsp3) is 0.250. The van der Waals surface area contributed by atoms with Gasteiger partial charge in [-0.1, -0.05) is 19.2 Å². The van der Waals surface area contributed by atoms with Crippen molar-refractivity contribution in [3.63, 3.8) is 0 Å². The molecule has 1 unspecified atom stereocenters. The summed E-state index contributed by atoms with van der Waals surface area (Å²) < 4.78 is 10.2. The standard InChI is InChI=1S/C12H16N2O2/c1-4-10(7-9(2)15-3)11(8-13)12-14-5-6-16-12/h4-7,11H,1-2,8,13H2,3H3/b10-7+. The molecule has 0 radical (unpaired) electrons. The van der Waals surface area contributed by atoms with Crippen molar-refractivity contribution < 1.29 is 9.15 Å². The molecule has 0 aliphatic rings. The van der Waals surface area contributed by atoms with Gasteiger partial charge in [-0.2, -0.15) is 0 Å². The summed E-state index contributed by atoms with van der Waals surface area (Å²) >= 11 is 0. The van der Waals surface area contributed by atoms with Crippen LogP contribution in [-0.4, -0.2) is 18.6 Å². The smallest absolute Gasteiger partial charge is 0.202 e. The van der Waals surface area contributed by atoms with Crippen LogP contribution in [0.3, 0.4) is 0 Å². The van der Waals surface area contributed by atoms with E-state index in [-0.39, 0.29) is 5.92 Å². The third kappa shape index (κ3) is 2.84. The maximum Gasteiger partial charge on any atom is 0.202 e. The number of methoxy groups -OCH3 is 1. The SMILES string of the molecule is C=C/C(=C\C(=C)OC)C(CN)c1ncco1. The van der Waals surface area contributed by atoms with Gasteiger partial charge in [0.2, 0.25) is 5.89 Å². The Balaban J connectivity index is 2.97. The molecule has 0 saturated carbocycles. The molecule has 1 aromatic heterocycles. The highest BCUT2D eigenvalue weighted by Crippen LogP contribution is 2.23. The Hall–Kier alpha value is -1.81. The van der Waals surface area contributed by atoms with E-state index < -0.39 is 0 Å². The second kappa shape index (κ2) is 5.92. The largest absolute Gasteiger partial charge is 0.497 e. The lowest BCUT2D eigenvalue weighted by atomic mass is 9.98. The van der Waals surface area contributed by atoms with Crippen LogP contribution in [0.1, 0.15) is 11.8 Å². The number of nitrogens with zero attached hydrogens (tertiary/aromatic N) is 1. The molecule has 4 nitrogen and oxygen atoms in total. The molecular weight excluding hydrogens is 204 g/mol. The van der Waals surface area contributed by atoms with Crippen LogP contribution in [0.5, 0.6) is 0 Å². The number of allylic oxidation sites excluding steroid dienone is 2. The van der Waals surface area contributed by atoms with Crippen molar-refractivity contribution in [3.05, 3.63) is 55.0 Å². The van der Waals surface area contributed by atoms with E-state index in [1.165, 1.54) is 6.26 Å². The minimum atomic E-state index is -0.126. The van der Waals surface area contributed by atoms with Gasteiger partial charge in [-0.25, -0.2) is 4.98 Å². The molecule has 0 aliphatic carbocycles. The van der Waals surface area contributed by atoms with Crippen molar-refractivity contribution in [2.24, 2.45) is 5.73 Å². The van der Waals surface area contributed by atoms with Gasteiger partial charge in [0, 0.05) is 6.54 Å². The molecule has 0 amide bonds. The van der Waals surface area contributed by atoms with E-state index >= 15 is 0 Å². The molecule has 0 bridgehead atoms. The first-order valence-electron chi connectivity index (χ1n) is 4.89. The van der Waals surface area contributed by atoms with E-state index in [0.29, 0.717) is 18.2 Å². The van der Waals surface area contributed by atoms with Gasteiger partial charge in [0.1, 0.15) is 12.0 Å². The van der Waals surface area contributed by atoms with Crippen LogP contribution in [0.25, 0.3) is 0 Å². The van der Waals surface area contributed by atoms with E-state index in [0.717, 1.165) is 5.57 Å². The van der Waals surface area contributed by atoms with E-state index in [9.17, 15) is 0 Å². The fourth-order valence-corrected chi connectivity index (χ4v) is 1.33. The van der Waals surface area contributed by atoms with Crippen LogP contribution in [-0.2, 0) is 4.74 Å². The van der Waals surface area contributed by atoms with E-state index in [1.807, 2.05) is 0 Å². The van der Waals surface area contributed by atoms with Crippen LogP contribution in [0, 0.1) is 0 Å². The summed E-state index contributed by atoms with van der Waals surface area (Å²) in [4.78, 5) is 4.08. The first-order chi connectivity index (χ1) is 7.72. The van der Waals surface area contributed by atoms with Gasteiger partial charge in [0.05, 0.1) is 19.2 Å². The molecule has 4 heteroatoms. The number of oxazole rings is 1. The lowest BCUT2D eigenvalue weighted by Crippen LogP contribution is -2.14. The van der Waals surface area contributed by atoms with Gasteiger partial charge in [-0.15, -0.1) is 0 Å². The second-order valence-electron chi connectivity index (χ2n) is 3.18. The number of hydrogen-bond donors (Lipinski definition) is 1. The number of ether oxygens (including phenoxy) is 1. The molecule has 1 aromatic rings. The second-order valence-corrected chi connectivity index (χ2v) is 3.18. The topological polar surface area (TPSA) is 61.3 Å². The summed E-state index contributed by atoms with van der Waals surface area (Å²) in [5.41, 5.74) is 6.57. The Morgan fingerprint density at radius 3 is 2.94 bits per heavy atom. The highest BCUT2D eigenvalue weighted by atomic mass is 16.5. The highest BCUT2D eigenvalue weighted by Gasteiger charge is 2.17. The molecule has 0 aliphatic heterocycles. The molecule has 16 heavy (non-hydrogen) atoms. The Labute approximate surface area is 95.1 Å². The molecule has 0 spiro atoms. The van der Waals surface area contributed by atoms with Gasteiger partial charge in [0.15, 0.2) is 0 Å². The predicted octanol–water partition coefficient (Wildman–Crippen LogP) is 1.99. The van der Waals surface area contributed by atoms with Crippen LogP contribution >= 0.6 is 0 Å². The number of rotatable bonds is 6. The average Bonchev–Trinajstić information content (AvgIpc) is 2.82. The third-order valence-electron chi connectivity index (χ3n) is 2.21. The monoisotopic (exact) mass is 220 g/mol. The summed E-state index contributed by atoms with van der Waals surface area (Å²) in [6.07, 6.45) is 6.58. The Bertz CT molecular complexity index is 380. The maximum atomic E-state index is 5.70. The quantitative estimate of drug-likeness (QED) is 0.588. The Kier molecular flexibility index (Phi) is 4.54. The molecule has 2 N–H and O–H groups in total. The summed E-state index contributed by atoms with van der Waals surface area (Å²) in [6, 6.07) is 0. The van der Waals surface area contributed by atoms with Crippen LogP contribution in [0.15, 0.2) is 53.5 Å². The van der Waals surface area contributed by atoms with Crippen LogP contribution < -0.4 is 5.73 Å². The molecule has 0 fully saturated rings. The van der Waals surface area contributed by atoms with Gasteiger partial charge < -0.3 is 14.9 Å². The van der Waals surface area contributed by atoms with E-state index in [2.05, 4.69) is 18.1 Å². The highest BCUT2D eigenvalue weighted by molar-refractivity contribution is 5.32. The number of nitrogens with two attached hydrogens (primary N) is 1. The molecule has 86 valence electrons. The normalized spacial score (nSPS) is 13.2. The van der Waals surface area contributed by atoms with Crippen molar-refractivity contribution in [1.82, 2.24) is 4.98 Å². The summed E-state index contributed by atoms with van der Waals surface area (Å²) in [7, 11) is 1.56. The molecule has 1 heterocycles. The summed E-state index contributed by atoms with van der Waals surface area (Å²) in [5, 5.41) is 0. The lowest BCUT2D eigenvalue weighted by molar-refractivity contribution is 0.308. The van der Waals surface area contributed by atoms with E-state index in [4.69, 9.17) is 14.9 Å². The summed E-state index contributed by atoms with van der Waals surface area (Å²) in [5.74, 6) is 0.983. The van der Waals surface area contributed by atoms with Crippen molar-refractivity contribution >= 4 is 0 Å². The van der Waals surface area contributed by atoms with Gasteiger partial charge in [0.25, 0.3) is 0 Å². The van der Waals surface area contributed by atoms with Gasteiger partial charge >= 0.3 is 0 Å². The Morgan fingerprint density at radius 1 is 1.75 bits per heavy atom. The van der Waals surface area contributed by atoms with Crippen molar-refractivity contribution in [3.8, 4) is 0 Å². The van der Waals surface area contributed by atoms with Gasteiger partial charge in [-0.3, -0.25) is 0 Å². The minimum absolute atomic E-state index is 0.126. The lowest BCUT2D eigenvalue weighted by Gasteiger charge is -2.12. The number of aromatic nitrogens is 1. The third-order valence-corrected chi connectivity index (χ3v) is 2.21. The predicted molar refractivity (Wildman–Crippen MR) is 62.7 cm³/mol. The zero-order valence-corrected chi connectivity index (χ0v) is 9.35. The van der Waals surface area contributed by atoms with Crippen LogP contribution in [0.2, 0.25) is 0 Å². The fourth-order valence-electron chi connectivity index (χ4n) is 1.33. The molecule has 0 aromatic carbocycles. The van der Waals surface area contributed by atoms with Crippen LogP contribution in [0.4, 0.5) is 0 Å². The van der Waals surface area contributed by atoms with Crippen molar-refractivity contribution in [1.29, 1.82) is 0 Å². The maximum absolute atomic E-state index is 5.70. The minimum Gasteiger partial charge on any atom is -0.497 e. The zero-order chi connectivity index (χ0) is 12.0. The average molecular weight is 220 g/mol. The number of hydrogen-bond acceptors (Lipinski definition) is 4. The summed E-state index contributed by atoms with van der Waals surface area (Å²) in [6.45, 7) is 7.84. The molecule has 0 saturated heterocycles. The zero-order valence-electron chi connectivity index (χ0n) is 9.35.